The summed E-state index contributed by atoms with van der Waals surface area (Å²) in [5.41, 5.74) is 0.520. The number of hydrogen-bond acceptors (Lipinski definition) is 1. The lowest BCUT2D eigenvalue weighted by atomic mass is 9.76. The summed E-state index contributed by atoms with van der Waals surface area (Å²) >= 11 is 0. The van der Waals surface area contributed by atoms with Crippen LogP contribution in [0.4, 0.5) is 0 Å². The molecule has 73 valence electrons. The largest absolute Gasteiger partial charge is 0.379 e. The Morgan fingerprint density at radius 1 is 1.08 bits per heavy atom. The maximum Gasteiger partial charge on any atom is 0.0700 e. The lowest BCUT2D eigenvalue weighted by Crippen LogP contribution is -2.20. The molecule has 0 aliphatic carbocycles. The topological polar surface area (TPSA) is 9.23 Å². The van der Waals surface area contributed by atoms with E-state index in [2.05, 4.69) is 27.9 Å². The normalized spacial score (nSPS) is 12.0. The molecule has 1 heteroatoms. The summed E-state index contributed by atoms with van der Waals surface area (Å²) in [6.45, 7) is 7.62. The Labute approximate surface area is 77.5 Å². The second-order valence-electron chi connectivity index (χ2n) is 3.62. The second kappa shape index (κ2) is 6.47. The molecule has 0 amide bonds. The van der Waals surface area contributed by atoms with Gasteiger partial charge in [0, 0.05) is 6.61 Å². The summed E-state index contributed by atoms with van der Waals surface area (Å²) in [7, 11) is 3.42. The Balaban J connectivity index is 3.95. The minimum absolute atomic E-state index is 0.520. The highest BCUT2D eigenvalue weighted by Crippen LogP contribution is 2.35. The minimum atomic E-state index is 0.520. The average Bonchev–Trinajstić information content (AvgIpc) is 2.13. The van der Waals surface area contributed by atoms with Gasteiger partial charge in [-0.3, -0.25) is 0 Å². The molecule has 0 aromatic heterocycles. The van der Waals surface area contributed by atoms with Crippen LogP contribution in [-0.2, 0) is 4.74 Å². The zero-order valence-corrected chi connectivity index (χ0v) is 8.86. The zero-order chi connectivity index (χ0) is 9.45. The Morgan fingerprint density at radius 2 is 1.67 bits per heavy atom. The van der Waals surface area contributed by atoms with E-state index in [-0.39, 0.29) is 0 Å². The van der Waals surface area contributed by atoms with Gasteiger partial charge in [0.25, 0.3) is 0 Å². The van der Waals surface area contributed by atoms with E-state index < -0.39 is 0 Å². The summed E-state index contributed by atoms with van der Waals surface area (Å²) in [6, 6.07) is 0. The van der Waals surface area contributed by atoms with Crippen LogP contribution in [0.25, 0.3) is 0 Å². The zero-order valence-electron chi connectivity index (χ0n) is 8.86. The van der Waals surface area contributed by atoms with Crippen LogP contribution in [-0.4, -0.2) is 6.61 Å². The van der Waals surface area contributed by atoms with Crippen molar-refractivity contribution >= 4 is 0 Å². The van der Waals surface area contributed by atoms with Crippen LogP contribution in [0.3, 0.4) is 0 Å². The lowest BCUT2D eigenvalue weighted by molar-refractivity contribution is 0.139. The molecule has 1 radical (unpaired) electrons. The van der Waals surface area contributed by atoms with E-state index in [1.54, 1.807) is 0 Å². The summed E-state index contributed by atoms with van der Waals surface area (Å²) in [5, 5.41) is 0. The molecule has 0 fully saturated rings. The van der Waals surface area contributed by atoms with Gasteiger partial charge in [0.05, 0.1) is 7.11 Å². The van der Waals surface area contributed by atoms with Crippen LogP contribution < -0.4 is 0 Å². The Kier molecular flexibility index (Phi) is 6.45. The first-order valence-corrected chi connectivity index (χ1v) is 5.11. The maximum atomic E-state index is 4.90. The molecule has 0 aromatic rings. The van der Waals surface area contributed by atoms with Crippen LogP contribution in [0.2, 0.25) is 0 Å². The molecule has 0 aliphatic heterocycles. The van der Waals surface area contributed by atoms with E-state index in [0.29, 0.717) is 5.41 Å². The molecular weight excluding hydrogens is 148 g/mol. The van der Waals surface area contributed by atoms with E-state index in [4.69, 9.17) is 4.74 Å². The molecule has 0 bridgehead atoms. The summed E-state index contributed by atoms with van der Waals surface area (Å²) < 4.78 is 4.90. The molecule has 0 aliphatic rings. The van der Waals surface area contributed by atoms with Crippen LogP contribution in [0.5, 0.6) is 0 Å². The Bertz CT molecular complexity index is 95.2. The third-order valence-electron chi connectivity index (χ3n) is 3.06. The van der Waals surface area contributed by atoms with E-state index >= 15 is 0 Å². The van der Waals surface area contributed by atoms with Crippen molar-refractivity contribution in [2.24, 2.45) is 5.41 Å². The first-order valence-electron chi connectivity index (χ1n) is 5.11. The van der Waals surface area contributed by atoms with Gasteiger partial charge < -0.3 is 4.74 Å². The highest BCUT2D eigenvalue weighted by molar-refractivity contribution is 4.75. The molecule has 0 atom stereocenters. The molecule has 0 spiro atoms. The first-order chi connectivity index (χ1) is 5.74. The SMILES string of the molecule is [CH2]OCCC(CC)(CC)CCC. The van der Waals surface area contributed by atoms with Crippen LogP contribution >= 0.6 is 0 Å². The molecule has 0 N–H and O–H groups in total. The van der Waals surface area contributed by atoms with Gasteiger partial charge in [0.15, 0.2) is 0 Å². The third kappa shape index (κ3) is 3.57. The molecule has 12 heavy (non-hydrogen) atoms. The van der Waals surface area contributed by atoms with Crippen LogP contribution in [0.15, 0.2) is 0 Å². The monoisotopic (exact) mass is 171 g/mol. The minimum Gasteiger partial charge on any atom is -0.379 e. The van der Waals surface area contributed by atoms with Gasteiger partial charge in [0.2, 0.25) is 0 Å². The number of hydrogen-bond donors (Lipinski definition) is 0. The highest BCUT2D eigenvalue weighted by atomic mass is 16.5. The van der Waals surface area contributed by atoms with Gasteiger partial charge >= 0.3 is 0 Å². The molecule has 0 unspecified atom stereocenters. The van der Waals surface area contributed by atoms with E-state index in [1.165, 1.54) is 25.7 Å². The highest BCUT2D eigenvalue weighted by Gasteiger charge is 2.24. The fourth-order valence-electron chi connectivity index (χ4n) is 1.90. The quantitative estimate of drug-likeness (QED) is 0.566. The van der Waals surface area contributed by atoms with Gasteiger partial charge in [-0.25, -0.2) is 0 Å². The number of rotatable bonds is 7. The summed E-state index contributed by atoms with van der Waals surface area (Å²) in [5.74, 6) is 0. The van der Waals surface area contributed by atoms with Crippen molar-refractivity contribution in [1.29, 1.82) is 0 Å². The van der Waals surface area contributed by atoms with Gasteiger partial charge in [-0.2, -0.15) is 0 Å². The lowest BCUT2D eigenvalue weighted by Gasteiger charge is -2.31. The number of ether oxygens (including phenoxy) is 1. The van der Waals surface area contributed by atoms with E-state index in [0.717, 1.165) is 13.0 Å². The predicted octanol–water partition coefficient (Wildman–Crippen LogP) is 3.79. The van der Waals surface area contributed by atoms with Crippen molar-refractivity contribution in [3.63, 3.8) is 0 Å². The van der Waals surface area contributed by atoms with Crippen LogP contribution in [0, 0.1) is 12.5 Å². The summed E-state index contributed by atoms with van der Waals surface area (Å²) in [4.78, 5) is 0. The van der Waals surface area contributed by atoms with Gasteiger partial charge in [0.1, 0.15) is 0 Å². The standard InChI is InChI=1S/C11H23O/c1-5-8-11(6-2,7-3)9-10-12-4/h4-10H2,1-3H3. The van der Waals surface area contributed by atoms with Gasteiger partial charge in [-0.15, -0.1) is 0 Å². The molecule has 1 nitrogen and oxygen atoms in total. The van der Waals surface area contributed by atoms with Crippen molar-refractivity contribution < 1.29 is 4.74 Å². The van der Waals surface area contributed by atoms with Gasteiger partial charge in [-0.05, 0) is 18.3 Å². The van der Waals surface area contributed by atoms with E-state index in [1.807, 2.05) is 0 Å². The molecular formula is C11H23O. The van der Waals surface area contributed by atoms with E-state index in [9.17, 15) is 0 Å². The Hall–Kier alpha value is -0.0400. The van der Waals surface area contributed by atoms with Gasteiger partial charge in [-0.1, -0.05) is 40.0 Å². The molecule has 0 rings (SSSR count). The maximum absolute atomic E-state index is 4.90. The average molecular weight is 171 g/mol. The van der Waals surface area contributed by atoms with Crippen molar-refractivity contribution in [2.75, 3.05) is 6.61 Å². The second-order valence-corrected chi connectivity index (χ2v) is 3.62. The van der Waals surface area contributed by atoms with Crippen molar-refractivity contribution in [3.8, 4) is 0 Å². The smallest absolute Gasteiger partial charge is 0.0700 e. The van der Waals surface area contributed by atoms with Crippen molar-refractivity contribution in [1.82, 2.24) is 0 Å². The molecule has 0 heterocycles. The van der Waals surface area contributed by atoms with Crippen molar-refractivity contribution in [3.05, 3.63) is 7.11 Å². The fraction of sp³-hybridized carbons (Fsp3) is 0.909. The Morgan fingerprint density at radius 3 is 2.00 bits per heavy atom. The fourth-order valence-corrected chi connectivity index (χ4v) is 1.90. The molecule has 0 aromatic carbocycles. The third-order valence-corrected chi connectivity index (χ3v) is 3.06. The predicted molar refractivity (Wildman–Crippen MR) is 53.8 cm³/mol. The summed E-state index contributed by atoms with van der Waals surface area (Å²) in [6.07, 6.45) is 6.29. The first kappa shape index (κ1) is 12.0. The van der Waals surface area contributed by atoms with Crippen molar-refractivity contribution in [2.45, 2.75) is 52.9 Å². The van der Waals surface area contributed by atoms with Crippen LogP contribution in [0.1, 0.15) is 52.9 Å². The molecule has 0 saturated heterocycles. The molecule has 0 saturated carbocycles.